The van der Waals surface area contributed by atoms with Gasteiger partial charge in [-0.25, -0.2) is 0 Å². The number of hydrogen-bond acceptors (Lipinski definition) is 5. The second kappa shape index (κ2) is 4.76. The zero-order chi connectivity index (χ0) is 14.3. The van der Waals surface area contributed by atoms with Crippen LogP contribution in [0.2, 0.25) is 0 Å². The van der Waals surface area contributed by atoms with Gasteiger partial charge in [0.1, 0.15) is 11.4 Å². The highest BCUT2D eigenvalue weighted by molar-refractivity contribution is 5.72. The lowest BCUT2D eigenvalue weighted by molar-refractivity contribution is 0.761. The third-order valence-corrected chi connectivity index (χ3v) is 3.98. The Balaban J connectivity index is 1.97. The van der Waals surface area contributed by atoms with Crippen LogP contribution >= 0.6 is 0 Å². The fraction of sp³-hybridized carbons (Fsp3) is 0.333. The molecule has 0 fully saturated rings. The van der Waals surface area contributed by atoms with Crippen molar-refractivity contribution in [2.75, 3.05) is 17.2 Å². The predicted molar refractivity (Wildman–Crippen MR) is 79.5 cm³/mol. The SMILES string of the molecule is NCc1ccc2c(c1)CN(c1c(N)c(=O)c1=O)CCC2. The van der Waals surface area contributed by atoms with E-state index in [2.05, 4.69) is 12.1 Å². The van der Waals surface area contributed by atoms with E-state index in [1.807, 2.05) is 11.0 Å². The zero-order valence-corrected chi connectivity index (χ0v) is 11.2. The number of nitrogens with zero attached hydrogens (tertiary/aromatic N) is 1. The van der Waals surface area contributed by atoms with Crippen molar-refractivity contribution in [1.82, 2.24) is 0 Å². The molecule has 0 bridgehead atoms. The van der Waals surface area contributed by atoms with Crippen LogP contribution in [0.5, 0.6) is 0 Å². The van der Waals surface area contributed by atoms with Crippen molar-refractivity contribution in [2.45, 2.75) is 25.9 Å². The molecule has 0 unspecified atom stereocenters. The van der Waals surface area contributed by atoms with Crippen molar-refractivity contribution in [3.63, 3.8) is 0 Å². The van der Waals surface area contributed by atoms with Gasteiger partial charge in [0.05, 0.1) is 0 Å². The van der Waals surface area contributed by atoms with Gasteiger partial charge in [0.25, 0.3) is 10.9 Å². The number of anilines is 2. The van der Waals surface area contributed by atoms with E-state index < -0.39 is 10.9 Å². The van der Waals surface area contributed by atoms with E-state index >= 15 is 0 Å². The van der Waals surface area contributed by atoms with E-state index in [0.717, 1.165) is 30.5 Å². The van der Waals surface area contributed by atoms with Crippen molar-refractivity contribution in [1.29, 1.82) is 0 Å². The van der Waals surface area contributed by atoms with Gasteiger partial charge >= 0.3 is 0 Å². The Morgan fingerprint density at radius 3 is 2.65 bits per heavy atom. The van der Waals surface area contributed by atoms with Gasteiger partial charge in [-0.2, -0.15) is 0 Å². The fourth-order valence-electron chi connectivity index (χ4n) is 2.84. The topological polar surface area (TPSA) is 89.4 Å². The first-order valence-corrected chi connectivity index (χ1v) is 6.76. The molecule has 0 saturated carbocycles. The molecular formula is C15H17N3O2. The summed E-state index contributed by atoms with van der Waals surface area (Å²) in [6.07, 6.45) is 1.90. The van der Waals surface area contributed by atoms with E-state index in [4.69, 9.17) is 11.5 Å². The lowest BCUT2D eigenvalue weighted by Gasteiger charge is -2.25. The Bertz CT molecular complexity index is 729. The van der Waals surface area contributed by atoms with Crippen LogP contribution in [0.1, 0.15) is 23.1 Å². The number of fused-ring (bicyclic) bond motifs is 1. The predicted octanol–water partition coefficient (Wildman–Crippen LogP) is 0.276. The molecule has 0 aromatic heterocycles. The van der Waals surface area contributed by atoms with Crippen LogP contribution in [0.4, 0.5) is 11.4 Å². The lowest BCUT2D eigenvalue weighted by Crippen LogP contribution is -2.42. The highest BCUT2D eigenvalue weighted by Crippen LogP contribution is 2.25. The maximum Gasteiger partial charge on any atom is 0.253 e. The summed E-state index contributed by atoms with van der Waals surface area (Å²) in [5.74, 6) is 0. The molecule has 5 heteroatoms. The van der Waals surface area contributed by atoms with Gasteiger partial charge in [0.2, 0.25) is 0 Å². The summed E-state index contributed by atoms with van der Waals surface area (Å²) >= 11 is 0. The molecular weight excluding hydrogens is 254 g/mol. The first-order valence-electron chi connectivity index (χ1n) is 6.76. The summed E-state index contributed by atoms with van der Waals surface area (Å²) in [5.41, 5.74) is 14.3. The summed E-state index contributed by atoms with van der Waals surface area (Å²) in [4.78, 5) is 24.9. The molecule has 0 atom stereocenters. The molecule has 4 N–H and O–H groups in total. The van der Waals surface area contributed by atoms with Gasteiger partial charge in [-0.05, 0) is 29.5 Å². The molecule has 1 aliphatic rings. The Morgan fingerprint density at radius 1 is 1.15 bits per heavy atom. The van der Waals surface area contributed by atoms with Gasteiger partial charge in [-0.15, -0.1) is 0 Å². The molecule has 20 heavy (non-hydrogen) atoms. The molecule has 2 aromatic carbocycles. The van der Waals surface area contributed by atoms with E-state index in [1.54, 1.807) is 0 Å². The highest BCUT2D eigenvalue weighted by Gasteiger charge is 2.25. The van der Waals surface area contributed by atoms with Crippen LogP contribution in [-0.2, 0) is 19.5 Å². The maximum absolute atomic E-state index is 11.7. The van der Waals surface area contributed by atoms with Gasteiger partial charge in [-0.3, -0.25) is 9.59 Å². The van der Waals surface area contributed by atoms with Crippen molar-refractivity contribution < 1.29 is 0 Å². The molecule has 0 aliphatic carbocycles. The van der Waals surface area contributed by atoms with Crippen LogP contribution in [0, 0.1) is 0 Å². The third kappa shape index (κ3) is 1.91. The average Bonchev–Trinajstić information content (AvgIpc) is 2.68. The van der Waals surface area contributed by atoms with Crippen LogP contribution in [0.3, 0.4) is 0 Å². The van der Waals surface area contributed by atoms with Crippen LogP contribution in [0.15, 0.2) is 27.8 Å². The summed E-state index contributed by atoms with van der Waals surface area (Å²) in [6, 6.07) is 6.22. The number of nitrogen functional groups attached to an aromatic ring is 1. The number of rotatable bonds is 2. The molecule has 0 saturated heterocycles. The Hall–Kier alpha value is -2.14. The minimum Gasteiger partial charge on any atom is -0.394 e. The van der Waals surface area contributed by atoms with Crippen molar-refractivity contribution in [3.05, 3.63) is 55.3 Å². The smallest absolute Gasteiger partial charge is 0.253 e. The number of nitrogens with two attached hydrogens (primary N) is 2. The fourth-order valence-corrected chi connectivity index (χ4v) is 2.84. The van der Waals surface area contributed by atoms with Crippen LogP contribution in [-0.4, -0.2) is 6.54 Å². The molecule has 1 aliphatic heterocycles. The van der Waals surface area contributed by atoms with Gasteiger partial charge in [-0.1, -0.05) is 18.2 Å². The first-order chi connectivity index (χ1) is 9.61. The molecule has 3 rings (SSSR count). The molecule has 0 amide bonds. The number of aryl methyl sites for hydroxylation is 1. The normalized spacial score (nSPS) is 15.2. The number of benzene rings is 1. The maximum atomic E-state index is 11.7. The monoisotopic (exact) mass is 271 g/mol. The Morgan fingerprint density at radius 2 is 1.95 bits per heavy atom. The van der Waals surface area contributed by atoms with E-state index in [0.29, 0.717) is 18.8 Å². The minimum absolute atomic E-state index is 0.105. The molecule has 1 heterocycles. The first kappa shape index (κ1) is 12.9. The van der Waals surface area contributed by atoms with Crippen molar-refractivity contribution in [3.8, 4) is 0 Å². The highest BCUT2D eigenvalue weighted by atomic mass is 16.2. The van der Waals surface area contributed by atoms with E-state index in [-0.39, 0.29) is 5.69 Å². The Labute approximate surface area is 116 Å². The molecule has 0 radical (unpaired) electrons. The lowest BCUT2D eigenvalue weighted by atomic mass is 10.0. The van der Waals surface area contributed by atoms with E-state index in [1.165, 1.54) is 5.56 Å². The molecule has 2 aromatic rings. The largest absolute Gasteiger partial charge is 0.394 e. The van der Waals surface area contributed by atoms with Gasteiger partial charge < -0.3 is 16.4 Å². The second-order valence-corrected chi connectivity index (χ2v) is 5.25. The van der Waals surface area contributed by atoms with Gasteiger partial charge in [0, 0.05) is 19.6 Å². The quantitative estimate of drug-likeness (QED) is 0.766. The summed E-state index contributed by atoms with van der Waals surface area (Å²) in [6.45, 7) is 1.84. The standard InChI is InChI=1S/C15H17N3O2/c16-7-9-3-4-10-2-1-5-18(8-11(10)6-9)13-12(17)14(19)15(13)20/h3-4,6H,1-2,5,7-8,16-17H2. The minimum atomic E-state index is -0.555. The van der Waals surface area contributed by atoms with Gasteiger partial charge in [0.15, 0.2) is 0 Å². The van der Waals surface area contributed by atoms with Crippen LogP contribution < -0.4 is 27.2 Å². The van der Waals surface area contributed by atoms with Crippen LogP contribution in [0.25, 0.3) is 0 Å². The zero-order valence-electron chi connectivity index (χ0n) is 11.2. The van der Waals surface area contributed by atoms with Crippen molar-refractivity contribution in [2.24, 2.45) is 5.73 Å². The summed E-state index contributed by atoms with van der Waals surface area (Å²) < 4.78 is 0. The Kier molecular flexibility index (Phi) is 3.06. The average molecular weight is 271 g/mol. The molecule has 0 spiro atoms. The summed E-state index contributed by atoms with van der Waals surface area (Å²) in [5, 5.41) is 0. The molecule has 104 valence electrons. The third-order valence-electron chi connectivity index (χ3n) is 3.98. The summed E-state index contributed by atoms with van der Waals surface area (Å²) in [7, 11) is 0. The second-order valence-electron chi connectivity index (χ2n) is 5.25. The molecule has 5 nitrogen and oxygen atoms in total. The van der Waals surface area contributed by atoms with Crippen molar-refractivity contribution >= 4 is 11.4 Å². The van der Waals surface area contributed by atoms with E-state index in [9.17, 15) is 9.59 Å². The number of hydrogen-bond donors (Lipinski definition) is 2.